The van der Waals surface area contributed by atoms with Crippen molar-refractivity contribution in [1.29, 1.82) is 0 Å². The Hall–Kier alpha value is -2.00. The molecule has 1 N–H and O–H groups in total. The lowest BCUT2D eigenvalue weighted by atomic mass is 9.67. The molecule has 2 atom stereocenters. The van der Waals surface area contributed by atoms with E-state index in [0.29, 0.717) is 5.75 Å². The number of phenols is 1. The van der Waals surface area contributed by atoms with Crippen LogP contribution in [0.5, 0.6) is 11.5 Å². The van der Waals surface area contributed by atoms with Gasteiger partial charge in [-0.15, -0.1) is 0 Å². The summed E-state index contributed by atoms with van der Waals surface area (Å²) >= 11 is 0. The molecular formula is C21H23NO2. The van der Waals surface area contributed by atoms with Crippen LogP contribution in [0.1, 0.15) is 30.4 Å². The van der Waals surface area contributed by atoms with Crippen LogP contribution >= 0.6 is 0 Å². The van der Waals surface area contributed by atoms with Crippen LogP contribution in [0.2, 0.25) is 0 Å². The van der Waals surface area contributed by atoms with Crippen molar-refractivity contribution in [3.63, 3.8) is 0 Å². The number of likely N-dealkylation sites (tertiary alicyclic amines) is 1. The molecule has 0 amide bonds. The number of nitrogens with zero attached hydrogens (tertiary/aromatic N) is 1. The fourth-order valence-electron chi connectivity index (χ4n) is 4.63. The van der Waals surface area contributed by atoms with Crippen molar-refractivity contribution >= 4 is 0 Å². The summed E-state index contributed by atoms with van der Waals surface area (Å²) in [5.74, 6) is 2.14. The highest BCUT2D eigenvalue weighted by Gasteiger charge is 2.48. The van der Waals surface area contributed by atoms with E-state index in [0.717, 1.165) is 36.7 Å². The van der Waals surface area contributed by atoms with Gasteiger partial charge in [-0.05, 0) is 42.5 Å². The Kier molecular flexibility index (Phi) is 3.14. The molecule has 1 aliphatic carbocycles. The van der Waals surface area contributed by atoms with E-state index < -0.39 is 0 Å². The van der Waals surface area contributed by atoms with Gasteiger partial charge in [-0.1, -0.05) is 30.3 Å². The summed E-state index contributed by atoms with van der Waals surface area (Å²) in [5, 5.41) is 10.1. The quantitative estimate of drug-likeness (QED) is 0.938. The molecule has 24 heavy (non-hydrogen) atoms. The molecule has 2 fully saturated rings. The number of piperidine rings is 1. The normalized spacial score (nSPS) is 28.9. The average molecular weight is 321 g/mol. The van der Waals surface area contributed by atoms with Gasteiger partial charge in [0.2, 0.25) is 0 Å². The Morgan fingerprint density at radius 1 is 1.12 bits per heavy atom. The van der Waals surface area contributed by atoms with Crippen molar-refractivity contribution in [3.8, 4) is 11.5 Å². The molecule has 5 rings (SSSR count). The fraction of sp³-hybridized carbons (Fsp3) is 0.429. The summed E-state index contributed by atoms with van der Waals surface area (Å²) in [6.45, 7) is 3.22. The van der Waals surface area contributed by atoms with E-state index in [2.05, 4.69) is 35.2 Å². The summed E-state index contributed by atoms with van der Waals surface area (Å²) in [6.07, 6.45) is 3.97. The Balaban J connectivity index is 1.64. The van der Waals surface area contributed by atoms with Gasteiger partial charge < -0.3 is 9.84 Å². The molecule has 2 aromatic carbocycles. The van der Waals surface area contributed by atoms with E-state index in [-0.39, 0.29) is 11.5 Å². The zero-order chi connectivity index (χ0) is 16.1. The van der Waals surface area contributed by atoms with Gasteiger partial charge in [-0.3, -0.25) is 4.90 Å². The van der Waals surface area contributed by atoms with Crippen LogP contribution in [0.4, 0.5) is 0 Å². The number of hydrogen-bond acceptors (Lipinski definition) is 3. The predicted molar refractivity (Wildman–Crippen MR) is 93.5 cm³/mol. The highest BCUT2D eigenvalue weighted by molar-refractivity contribution is 5.53. The van der Waals surface area contributed by atoms with Crippen molar-refractivity contribution in [2.45, 2.75) is 30.8 Å². The van der Waals surface area contributed by atoms with Crippen molar-refractivity contribution in [2.24, 2.45) is 5.92 Å². The molecule has 1 saturated heterocycles. The minimum Gasteiger partial charge on any atom is -0.508 e. The molecule has 0 radical (unpaired) electrons. The number of aromatic hydroxyl groups is 1. The lowest BCUT2D eigenvalue weighted by Crippen LogP contribution is -2.56. The second kappa shape index (κ2) is 5.25. The van der Waals surface area contributed by atoms with Gasteiger partial charge in [0.25, 0.3) is 0 Å². The van der Waals surface area contributed by atoms with Gasteiger partial charge in [0, 0.05) is 37.0 Å². The molecular weight excluding hydrogens is 298 g/mol. The zero-order valence-electron chi connectivity index (χ0n) is 13.8. The van der Waals surface area contributed by atoms with Crippen molar-refractivity contribution in [3.05, 3.63) is 59.7 Å². The van der Waals surface area contributed by atoms with Crippen LogP contribution in [0.25, 0.3) is 0 Å². The third kappa shape index (κ3) is 2.30. The molecule has 0 spiro atoms. The first-order chi connectivity index (χ1) is 11.7. The van der Waals surface area contributed by atoms with Gasteiger partial charge in [-0.25, -0.2) is 0 Å². The zero-order valence-corrected chi connectivity index (χ0v) is 13.8. The maximum absolute atomic E-state index is 10.1. The van der Waals surface area contributed by atoms with E-state index in [1.54, 1.807) is 6.07 Å². The van der Waals surface area contributed by atoms with Crippen molar-refractivity contribution in [1.82, 2.24) is 4.90 Å². The van der Waals surface area contributed by atoms with Crippen LogP contribution in [0.15, 0.2) is 48.5 Å². The fourth-order valence-corrected chi connectivity index (χ4v) is 4.63. The lowest BCUT2D eigenvalue weighted by molar-refractivity contribution is 0.0285. The molecule has 2 aliphatic heterocycles. The maximum atomic E-state index is 10.1. The highest BCUT2D eigenvalue weighted by atomic mass is 16.5. The van der Waals surface area contributed by atoms with Crippen molar-refractivity contribution < 1.29 is 9.84 Å². The van der Waals surface area contributed by atoms with E-state index in [1.807, 2.05) is 12.1 Å². The van der Waals surface area contributed by atoms with E-state index in [1.165, 1.54) is 24.9 Å². The Morgan fingerprint density at radius 2 is 1.96 bits per heavy atom. The molecule has 2 aromatic rings. The SMILES string of the molecule is Oc1ccc2c(c1)C1(c3ccccc3)CC(CN(CC3CC3)C1)O2. The first-order valence-corrected chi connectivity index (χ1v) is 9.01. The van der Waals surface area contributed by atoms with Crippen LogP contribution in [0.3, 0.4) is 0 Å². The summed E-state index contributed by atoms with van der Waals surface area (Å²) in [6, 6.07) is 16.4. The summed E-state index contributed by atoms with van der Waals surface area (Å²) in [4.78, 5) is 2.59. The number of phenolic OH excluding ortho intramolecular Hbond substituents is 1. The smallest absolute Gasteiger partial charge is 0.124 e. The third-order valence-corrected chi connectivity index (χ3v) is 5.84. The van der Waals surface area contributed by atoms with Gasteiger partial charge in [0.15, 0.2) is 0 Å². The first-order valence-electron chi connectivity index (χ1n) is 9.01. The van der Waals surface area contributed by atoms with Crippen molar-refractivity contribution in [2.75, 3.05) is 19.6 Å². The molecule has 0 aromatic heterocycles. The van der Waals surface area contributed by atoms with Crippen LogP contribution in [-0.4, -0.2) is 35.7 Å². The first kappa shape index (κ1) is 14.4. The minimum absolute atomic E-state index is 0.0780. The van der Waals surface area contributed by atoms with E-state index in [4.69, 9.17) is 4.74 Å². The Morgan fingerprint density at radius 3 is 2.75 bits per heavy atom. The van der Waals surface area contributed by atoms with Crippen LogP contribution in [0, 0.1) is 5.92 Å². The topological polar surface area (TPSA) is 32.7 Å². The number of hydrogen-bond donors (Lipinski definition) is 1. The monoisotopic (exact) mass is 321 g/mol. The maximum Gasteiger partial charge on any atom is 0.124 e. The second-order valence-electron chi connectivity index (χ2n) is 7.71. The molecule has 3 heteroatoms. The van der Waals surface area contributed by atoms with Gasteiger partial charge in [0.1, 0.15) is 17.6 Å². The summed E-state index contributed by atoms with van der Waals surface area (Å²) < 4.78 is 6.28. The number of ether oxygens (including phenoxy) is 1. The molecule has 124 valence electrons. The average Bonchev–Trinajstić information content (AvgIpc) is 3.40. The van der Waals surface area contributed by atoms with Gasteiger partial charge >= 0.3 is 0 Å². The second-order valence-corrected chi connectivity index (χ2v) is 7.71. The van der Waals surface area contributed by atoms with Gasteiger partial charge in [0.05, 0.1) is 0 Å². The molecule has 2 bridgehead atoms. The standard InChI is InChI=1S/C21H23NO2/c23-17-8-9-20-19(10-17)21(16-4-2-1-3-5-16)11-18(24-20)13-22(14-21)12-15-6-7-15/h1-5,8-10,15,18,23H,6-7,11-14H2. The highest BCUT2D eigenvalue weighted by Crippen LogP contribution is 2.50. The van der Waals surface area contributed by atoms with E-state index >= 15 is 0 Å². The number of fused-ring (bicyclic) bond motifs is 4. The van der Waals surface area contributed by atoms with E-state index in [9.17, 15) is 5.11 Å². The Bertz CT molecular complexity index is 756. The molecule has 2 unspecified atom stereocenters. The van der Waals surface area contributed by atoms with Gasteiger partial charge in [-0.2, -0.15) is 0 Å². The summed E-state index contributed by atoms with van der Waals surface area (Å²) in [7, 11) is 0. The third-order valence-electron chi connectivity index (χ3n) is 5.84. The predicted octanol–water partition coefficient (Wildman–Crippen LogP) is 3.56. The molecule has 3 aliphatic rings. The molecule has 2 heterocycles. The van der Waals surface area contributed by atoms with Crippen LogP contribution < -0.4 is 4.74 Å². The van der Waals surface area contributed by atoms with Crippen LogP contribution in [-0.2, 0) is 5.41 Å². The number of benzene rings is 2. The molecule has 3 nitrogen and oxygen atoms in total. The summed E-state index contributed by atoms with van der Waals surface area (Å²) in [5.41, 5.74) is 2.40. The minimum atomic E-state index is -0.0780. The Labute approximate surface area is 142 Å². The largest absolute Gasteiger partial charge is 0.508 e. The number of rotatable bonds is 3. The lowest BCUT2D eigenvalue weighted by Gasteiger charge is -2.50. The molecule has 1 saturated carbocycles.